The first-order valence-corrected chi connectivity index (χ1v) is 8.14. The summed E-state index contributed by atoms with van der Waals surface area (Å²) in [5, 5.41) is 3.40. The number of nitrogens with zero attached hydrogens (tertiary/aromatic N) is 1. The van der Waals surface area contributed by atoms with Crippen LogP contribution in [0.2, 0.25) is 5.02 Å². The molecule has 1 aromatic carbocycles. The van der Waals surface area contributed by atoms with Crippen LogP contribution in [0.3, 0.4) is 0 Å². The molecule has 23 heavy (non-hydrogen) atoms. The molecular weight excluding hydrogens is 348 g/mol. The fourth-order valence-electron chi connectivity index (χ4n) is 3.20. The Morgan fingerprint density at radius 2 is 1.87 bits per heavy atom. The molecule has 1 aromatic rings. The average molecular weight is 369 g/mol. The van der Waals surface area contributed by atoms with Gasteiger partial charge >= 0.3 is 6.18 Å². The first-order chi connectivity index (χ1) is 10.4. The summed E-state index contributed by atoms with van der Waals surface area (Å²) in [6.07, 6.45) is -1.28. The van der Waals surface area contributed by atoms with Crippen LogP contribution < -0.4 is 5.32 Å². The molecule has 0 aromatic heterocycles. The van der Waals surface area contributed by atoms with E-state index in [2.05, 4.69) is 10.2 Å². The van der Waals surface area contributed by atoms with Gasteiger partial charge in [0.25, 0.3) is 0 Å². The van der Waals surface area contributed by atoms with E-state index < -0.39 is 11.7 Å². The molecule has 2 nitrogen and oxygen atoms in total. The minimum Gasteiger partial charge on any atom is -0.314 e. The predicted octanol–water partition coefficient (Wildman–Crippen LogP) is 4.53. The highest BCUT2D eigenvalue weighted by molar-refractivity contribution is 6.30. The number of hydrogen-bond acceptors (Lipinski definition) is 2. The van der Waals surface area contributed by atoms with Crippen LogP contribution in [0.5, 0.6) is 0 Å². The van der Waals surface area contributed by atoms with Crippen LogP contribution in [0, 0.1) is 5.92 Å². The molecule has 2 fully saturated rings. The quantitative estimate of drug-likeness (QED) is 0.839. The van der Waals surface area contributed by atoms with Gasteiger partial charge in [0.2, 0.25) is 0 Å². The van der Waals surface area contributed by atoms with E-state index in [9.17, 15) is 13.2 Å². The Hall–Kier alpha value is -0.490. The molecular formula is C16H21Cl2F3N2. The van der Waals surface area contributed by atoms with Crippen LogP contribution >= 0.6 is 24.0 Å². The third-order valence-electron chi connectivity index (χ3n) is 4.53. The zero-order valence-electron chi connectivity index (χ0n) is 12.7. The Balaban J connectivity index is 0.00000192. The van der Waals surface area contributed by atoms with Gasteiger partial charge < -0.3 is 5.32 Å². The van der Waals surface area contributed by atoms with Crippen LogP contribution in [0.4, 0.5) is 13.2 Å². The molecule has 3 rings (SSSR count). The number of benzene rings is 1. The van der Waals surface area contributed by atoms with Gasteiger partial charge in [-0.1, -0.05) is 30.5 Å². The molecule has 1 aliphatic heterocycles. The average Bonchev–Trinajstić information content (AvgIpc) is 3.29. The van der Waals surface area contributed by atoms with Crippen molar-refractivity contribution >= 4 is 24.0 Å². The largest absolute Gasteiger partial charge is 0.416 e. The van der Waals surface area contributed by atoms with E-state index >= 15 is 0 Å². The van der Waals surface area contributed by atoms with Crippen LogP contribution in [0.15, 0.2) is 18.2 Å². The van der Waals surface area contributed by atoms with Crippen LogP contribution in [-0.4, -0.2) is 31.1 Å². The van der Waals surface area contributed by atoms with Crippen molar-refractivity contribution in [2.75, 3.05) is 26.2 Å². The second-order valence-corrected chi connectivity index (χ2v) is 6.65. The first kappa shape index (κ1) is 18.8. The van der Waals surface area contributed by atoms with Gasteiger partial charge in [-0.25, -0.2) is 0 Å². The third kappa shape index (κ3) is 4.75. The lowest BCUT2D eigenvalue weighted by atomic mass is 9.94. The summed E-state index contributed by atoms with van der Waals surface area (Å²) in [4.78, 5) is 2.19. The lowest BCUT2D eigenvalue weighted by molar-refractivity contribution is -0.138. The molecule has 1 aliphatic carbocycles. The summed E-state index contributed by atoms with van der Waals surface area (Å²) in [5.74, 6) is 0.566. The van der Waals surface area contributed by atoms with Gasteiger partial charge in [-0.05, 0) is 30.0 Å². The highest BCUT2D eigenvalue weighted by Gasteiger charge is 2.38. The summed E-state index contributed by atoms with van der Waals surface area (Å²) < 4.78 is 40.3. The maximum atomic E-state index is 13.4. The molecule has 0 amide bonds. The molecule has 130 valence electrons. The summed E-state index contributed by atoms with van der Waals surface area (Å²) >= 11 is 5.81. The molecule has 1 N–H and O–H groups in total. The van der Waals surface area contributed by atoms with Crippen molar-refractivity contribution in [2.24, 2.45) is 5.92 Å². The van der Waals surface area contributed by atoms with Crippen molar-refractivity contribution < 1.29 is 13.2 Å². The van der Waals surface area contributed by atoms with E-state index in [-0.39, 0.29) is 23.5 Å². The van der Waals surface area contributed by atoms with E-state index in [0.717, 1.165) is 51.5 Å². The van der Waals surface area contributed by atoms with Crippen LogP contribution in [-0.2, 0) is 6.18 Å². The van der Waals surface area contributed by atoms with E-state index in [4.69, 9.17) is 11.6 Å². The van der Waals surface area contributed by atoms with Gasteiger partial charge in [0.1, 0.15) is 0 Å². The van der Waals surface area contributed by atoms with Crippen molar-refractivity contribution in [2.45, 2.75) is 31.5 Å². The number of hydrogen-bond donors (Lipinski definition) is 1. The van der Waals surface area contributed by atoms with Crippen LogP contribution in [0.1, 0.15) is 36.4 Å². The second kappa shape index (κ2) is 7.60. The summed E-state index contributed by atoms with van der Waals surface area (Å²) in [6, 6.07) is 4.05. The Morgan fingerprint density at radius 1 is 1.22 bits per heavy atom. The lowest BCUT2D eigenvalue weighted by Crippen LogP contribution is -2.45. The Morgan fingerprint density at radius 3 is 2.43 bits per heavy atom. The number of nitrogens with one attached hydrogen (secondary N) is 1. The Bertz CT molecular complexity index is 527. The van der Waals surface area contributed by atoms with Gasteiger partial charge in [-0.2, -0.15) is 13.2 Å². The minimum atomic E-state index is -4.37. The Labute approximate surface area is 145 Å². The molecule has 1 saturated carbocycles. The highest BCUT2D eigenvalue weighted by atomic mass is 35.5. The van der Waals surface area contributed by atoms with E-state index in [1.54, 1.807) is 12.1 Å². The fourth-order valence-corrected chi connectivity index (χ4v) is 3.37. The van der Waals surface area contributed by atoms with Crippen molar-refractivity contribution in [3.63, 3.8) is 0 Å². The Kier molecular flexibility index (Phi) is 6.22. The minimum absolute atomic E-state index is 0. The van der Waals surface area contributed by atoms with Gasteiger partial charge in [0.05, 0.1) is 5.56 Å². The molecule has 2 aliphatic rings. The maximum Gasteiger partial charge on any atom is 0.416 e. The van der Waals surface area contributed by atoms with Crippen molar-refractivity contribution in [1.29, 1.82) is 0 Å². The maximum absolute atomic E-state index is 13.4. The zero-order valence-corrected chi connectivity index (χ0v) is 14.3. The summed E-state index contributed by atoms with van der Waals surface area (Å²) in [5.41, 5.74) is -0.199. The number of halogens is 5. The van der Waals surface area contributed by atoms with Gasteiger partial charge in [0, 0.05) is 37.2 Å². The first-order valence-electron chi connectivity index (χ1n) is 7.76. The standard InChI is InChI=1S/C16H20ClF3N2.ClH/c17-12-3-4-13(14(10-12)16(18,19)20)15(9-11-1-2-11)22-7-5-21-6-8-22;/h3-4,10-11,15,21H,1-2,5-9H2;1H/t15-;/m1./s1. The highest BCUT2D eigenvalue weighted by Crippen LogP contribution is 2.44. The molecule has 0 spiro atoms. The second-order valence-electron chi connectivity index (χ2n) is 6.21. The molecule has 1 saturated heterocycles. The summed E-state index contributed by atoms with van der Waals surface area (Å²) in [6.45, 7) is 3.24. The molecule has 0 bridgehead atoms. The van der Waals surface area contributed by atoms with Gasteiger partial charge in [-0.15, -0.1) is 12.4 Å². The van der Waals surface area contributed by atoms with Gasteiger partial charge in [0.15, 0.2) is 0 Å². The lowest BCUT2D eigenvalue weighted by Gasteiger charge is -2.36. The number of alkyl halides is 3. The smallest absolute Gasteiger partial charge is 0.314 e. The fraction of sp³-hybridized carbons (Fsp3) is 0.625. The van der Waals surface area contributed by atoms with E-state index in [0.29, 0.717) is 11.5 Å². The third-order valence-corrected chi connectivity index (χ3v) is 4.76. The monoisotopic (exact) mass is 368 g/mol. The zero-order chi connectivity index (χ0) is 15.7. The SMILES string of the molecule is Cl.FC(F)(F)c1cc(Cl)ccc1[C@@H](CC1CC1)N1CCNCC1. The van der Waals surface area contributed by atoms with Crippen molar-refractivity contribution in [3.05, 3.63) is 34.3 Å². The predicted molar refractivity (Wildman–Crippen MR) is 88.2 cm³/mol. The van der Waals surface area contributed by atoms with Crippen molar-refractivity contribution in [3.8, 4) is 0 Å². The normalized spacial score (nSPS) is 20.9. The molecule has 7 heteroatoms. The van der Waals surface area contributed by atoms with Crippen molar-refractivity contribution in [1.82, 2.24) is 10.2 Å². The molecule has 1 atom stereocenters. The van der Waals surface area contributed by atoms with E-state index in [1.165, 1.54) is 0 Å². The number of piperazine rings is 1. The van der Waals surface area contributed by atoms with Crippen LogP contribution in [0.25, 0.3) is 0 Å². The van der Waals surface area contributed by atoms with E-state index in [1.807, 2.05) is 0 Å². The topological polar surface area (TPSA) is 15.3 Å². The molecule has 0 radical (unpaired) electrons. The molecule has 1 heterocycles. The van der Waals surface area contributed by atoms with Gasteiger partial charge in [-0.3, -0.25) is 4.90 Å². The molecule has 0 unspecified atom stereocenters. The number of rotatable bonds is 4. The summed E-state index contributed by atoms with van der Waals surface area (Å²) in [7, 11) is 0.